The fourth-order valence-electron chi connectivity index (χ4n) is 4.45. The number of carbonyl (C=O) groups excluding carboxylic acids is 1. The van der Waals surface area contributed by atoms with E-state index in [-0.39, 0.29) is 35.8 Å². The number of phenolic OH excluding ortho intramolecular Hbond substituents is 1. The lowest BCUT2D eigenvalue weighted by molar-refractivity contribution is -0.116. The van der Waals surface area contributed by atoms with Crippen LogP contribution in [-0.2, 0) is 4.79 Å². The number of nitrogens with one attached hydrogen (secondary N) is 2. The molecule has 1 aliphatic rings. The Hall–Kier alpha value is -4.24. The van der Waals surface area contributed by atoms with E-state index < -0.39 is 5.82 Å². The van der Waals surface area contributed by atoms with Crippen molar-refractivity contribution in [3.8, 4) is 11.4 Å². The van der Waals surface area contributed by atoms with E-state index in [1.165, 1.54) is 12.1 Å². The van der Waals surface area contributed by atoms with Crippen molar-refractivity contribution in [3.63, 3.8) is 0 Å². The molecule has 2 unspecified atom stereocenters. The van der Waals surface area contributed by atoms with Gasteiger partial charge < -0.3 is 25.2 Å². The first kappa shape index (κ1) is 23.5. The Morgan fingerprint density at radius 3 is 2.58 bits per heavy atom. The number of amides is 1. The Labute approximate surface area is 213 Å². The minimum absolute atomic E-state index is 0.113. The minimum Gasteiger partial charge on any atom is -0.508 e. The van der Waals surface area contributed by atoms with Crippen molar-refractivity contribution in [2.24, 2.45) is 0 Å². The van der Waals surface area contributed by atoms with Gasteiger partial charge in [0, 0.05) is 36.7 Å². The number of phenols is 1. The van der Waals surface area contributed by atoms with Crippen LogP contribution >= 0.6 is 12.2 Å². The molecule has 1 amide bonds. The smallest absolute Gasteiger partial charge is 0.226 e. The van der Waals surface area contributed by atoms with Gasteiger partial charge in [-0.2, -0.15) is 0 Å². The summed E-state index contributed by atoms with van der Waals surface area (Å²) in [4.78, 5) is 19.2. The van der Waals surface area contributed by atoms with Gasteiger partial charge in [0.15, 0.2) is 5.11 Å². The number of aromatic hydroxyl groups is 1. The van der Waals surface area contributed by atoms with Crippen LogP contribution in [0.15, 0.2) is 91.3 Å². The van der Waals surface area contributed by atoms with Crippen LogP contribution < -0.4 is 10.6 Å². The van der Waals surface area contributed by atoms with Gasteiger partial charge in [0.1, 0.15) is 11.6 Å². The largest absolute Gasteiger partial charge is 0.508 e. The molecule has 1 aliphatic heterocycles. The molecule has 9 heteroatoms. The van der Waals surface area contributed by atoms with E-state index >= 15 is 0 Å². The predicted octanol–water partition coefficient (Wildman–Crippen LogP) is 4.72. The minimum atomic E-state index is -0.482. The number of benzene rings is 2. The van der Waals surface area contributed by atoms with Gasteiger partial charge in [-0.3, -0.25) is 9.78 Å². The highest BCUT2D eigenvalue weighted by atomic mass is 32.1. The normalized spacial score (nSPS) is 17.1. The summed E-state index contributed by atoms with van der Waals surface area (Å²) in [5.74, 6) is -0.606. The maximum Gasteiger partial charge on any atom is 0.226 e. The van der Waals surface area contributed by atoms with Crippen LogP contribution in [0.4, 0.5) is 10.1 Å². The highest BCUT2D eigenvalue weighted by Gasteiger charge is 2.41. The molecule has 3 heterocycles. The Kier molecular flexibility index (Phi) is 6.64. The van der Waals surface area contributed by atoms with Crippen molar-refractivity contribution < 1.29 is 14.3 Å². The molecular weight excluding hydrogens is 477 g/mol. The summed E-state index contributed by atoms with van der Waals surface area (Å²) >= 11 is 5.70. The maximum atomic E-state index is 14.0. The lowest BCUT2D eigenvalue weighted by Crippen LogP contribution is -2.33. The molecule has 5 rings (SSSR count). The Morgan fingerprint density at radius 1 is 1.06 bits per heavy atom. The summed E-state index contributed by atoms with van der Waals surface area (Å²) in [7, 11) is 0. The van der Waals surface area contributed by atoms with Crippen LogP contribution in [0.2, 0.25) is 0 Å². The lowest BCUT2D eigenvalue weighted by Gasteiger charge is -2.29. The number of hydrogen-bond acceptors (Lipinski definition) is 4. The van der Waals surface area contributed by atoms with E-state index in [1.807, 2.05) is 58.1 Å². The number of carbonyl (C=O) groups is 1. The van der Waals surface area contributed by atoms with Gasteiger partial charge in [0.2, 0.25) is 5.91 Å². The summed E-state index contributed by atoms with van der Waals surface area (Å²) in [6, 6.07) is 22.2. The van der Waals surface area contributed by atoms with Gasteiger partial charge in [-0.05, 0) is 72.9 Å². The second-order valence-corrected chi connectivity index (χ2v) is 8.80. The van der Waals surface area contributed by atoms with Crippen LogP contribution in [0.3, 0.4) is 0 Å². The number of nitrogens with zero attached hydrogens (tertiary/aromatic N) is 3. The van der Waals surface area contributed by atoms with Gasteiger partial charge in [-0.15, -0.1) is 0 Å². The second kappa shape index (κ2) is 10.2. The van der Waals surface area contributed by atoms with Gasteiger partial charge in [-0.1, -0.05) is 18.2 Å². The van der Waals surface area contributed by atoms with Gasteiger partial charge >= 0.3 is 0 Å². The summed E-state index contributed by atoms with van der Waals surface area (Å²) < 4.78 is 16.0. The standard InChI is InChI=1S/C27H24FN5O2S/c28-20-6-1-2-7-21(20)30-24(35)14-17-33-26(25(31-27(33)36)22-8-3-4-15-29-22)23-9-5-16-32(23)18-10-12-19(34)13-11-18/h1-13,15-16,25-26,34H,14,17H2,(H,30,35)(H,31,36). The number of halogens is 1. The third kappa shape index (κ3) is 4.78. The fraction of sp³-hybridized carbons (Fsp3) is 0.148. The van der Waals surface area contributed by atoms with Crippen molar-refractivity contribution in [2.75, 3.05) is 11.9 Å². The highest BCUT2D eigenvalue weighted by molar-refractivity contribution is 7.80. The van der Waals surface area contributed by atoms with E-state index in [0.717, 1.165) is 17.1 Å². The molecule has 1 saturated heterocycles. The Morgan fingerprint density at radius 2 is 1.83 bits per heavy atom. The molecule has 0 radical (unpaired) electrons. The van der Waals surface area contributed by atoms with Gasteiger partial charge in [0.05, 0.1) is 23.5 Å². The molecule has 182 valence electrons. The zero-order valence-electron chi connectivity index (χ0n) is 19.2. The molecule has 7 nitrogen and oxygen atoms in total. The first-order chi connectivity index (χ1) is 17.5. The molecule has 2 aromatic heterocycles. The second-order valence-electron chi connectivity index (χ2n) is 8.42. The molecule has 0 spiro atoms. The summed E-state index contributed by atoms with van der Waals surface area (Å²) in [6.07, 6.45) is 3.80. The van der Waals surface area contributed by atoms with E-state index in [4.69, 9.17) is 12.2 Å². The SMILES string of the molecule is O=C(CCN1C(=S)NC(c2ccccn2)C1c1cccn1-c1ccc(O)cc1)Nc1ccccc1F. The number of aromatic nitrogens is 2. The number of pyridine rings is 1. The van der Waals surface area contributed by atoms with Crippen molar-refractivity contribution >= 4 is 28.9 Å². The van der Waals surface area contributed by atoms with Crippen molar-refractivity contribution in [1.29, 1.82) is 0 Å². The third-order valence-corrected chi connectivity index (χ3v) is 6.49. The molecular formula is C27H24FN5O2S. The molecule has 36 heavy (non-hydrogen) atoms. The number of hydrogen-bond donors (Lipinski definition) is 3. The van der Waals surface area contributed by atoms with Crippen LogP contribution in [0.1, 0.15) is 29.9 Å². The van der Waals surface area contributed by atoms with Crippen LogP contribution in [0.25, 0.3) is 5.69 Å². The van der Waals surface area contributed by atoms with Crippen LogP contribution in [-0.4, -0.2) is 37.1 Å². The number of thiocarbonyl (C=S) groups is 1. The number of anilines is 1. The first-order valence-electron chi connectivity index (χ1n) is 11.5. The number of rotatable bonds is 7. The Bertz CT molecular complexity index is 1380. The van der Waals surface area contributed by atoms with Gasteiger partial charge in [-0.25, -0.2) is 4.39 Å². The molecule has 3 N–H and O–H groups in total. The van der Waals surface area contributed by atoms with Crippen molar-refractivity contribution in [3.05, 3.63) is 108 Å². The van der Waals surface area contributed by atoms with Crippen LogP contribution in [0.5, 0.6) is 5.75 Å². The van der Waals surface area contributed by atoms with Crippen LogP contribution in [0, 0.1) is 5.82 Å². The predicted molar refractivity (Wildman–Crippen MR) is 139 cm³/mol. The first-order valence-corrected chi connectivity index (χ1v) is 11.9. The molecule has 4 aromatic rings. The highest BCUT2D eigenvalue weighted by Crippen LogP contribution is 2.39. The molecule has 1 fully saturated rings. The maximum absolute atomic E-state index is 14.0. The Balaban J connectivity index is 1.44. The lowest BCUT2D eigenvalue weighted by atomic mass is 10.0. The molecule has 0 bridgehead atoms. The number of para-hydroxylation sites is 1. The van der Waals surface area contributed by atoms with E-state index in [0.29, 0.717) is 11.7 Å². The quantitative estimate of drug-likeness (QED) is 0.318. The fourth-order valence-corrected chi connectivity index (χ4v) is 4.78. The van der Waals surface area contributed by atoms with E-state index in [2.05, 4.69) is 15.6 Å². The average Bonchev–Trinajstić information content (AvgIpc) is 3.49. The zero-order valence-corrected chi connectivity index (χ0v) is 20.0. The topological polar surface area (TPSA) is 82.4 Å². The molecule has 0 saturated carbocycles. The molecule has 0 aliphatic carbocycles. The van der Waals surface area contributed by atoms with Crippen molar-refractivity contribution in [1.82, 2.24) is 19.8 Å². The van der Waals surface area contributed by atoms with E-state index in [9.17, 15) is 14.3 Å². The third-order valence-electron chi connectivity index (χ3n) is 6.14. The summed E-state index contributed by atoms with van der Waals surface area (Å²) in [6.45, 7) is 0.320. The summed E-state index contributed by atoms with van der Waals surface area (Å²) in [5, 5.41) is 16.3. The van der Waals surface area contributed by atoms with Gasteiger partial charge in [0.25, 0.3) is 0 Å². The zero-order chi connectivity index (χ0) is 25.1. The summed E-state index contributed by atoms with van der Waals surface area (Å²) in [5.41, 5.74) is 2.79. The van der Waals surface area contributed by atoms with Crippen molar-refractivity contribution in [2.45, 2.75) is 18.5 Å². The molecule has 2 atom stereocenters. The molecule has 2 aromatic carbocycles. The average molecular weight is 502 g/mol. The van der Waals surface area contributed by atoms with E-state index in [1.54, 1.807) is 30.5 Å². The monoisotopic (exact) mass is 501 g/mol.